The number of aromatic nitrogens is 2. The van der Waals surface area contributed by atoms with Gasteiger partial charge in [0, 0.05) is 25.8 Å². The minimum atomic E-state index is 0.419. The second-order valence-electron chi connectivity index (χ2n) is 8.13. The number of aryl methyl sites for hydroxylation is 1. The van der Waals surface area contributed by atoms with Crippen molar-refractivity contribution in [2.75, 3.05) is 12.4 Å². The summed E-state index contributed by atoms with van der Waals surface area (Å²) in [7, 11) is 2.04. The zero-order chi connectivity index (χ0) is 21.6. The molecule has 1 saturated carbocycles. The third kappa shape index (κ3) is 4.95. The van der Waals surface area contributed by atoms with Crippen LogP contribution in [0.1, 0.15) is 42.5 Å². The lowest BCUT2D eigenvalue weighted by molar-refractivity contribution is 0.387. The van der Waals surface area contributed by atoms with Crippen LogP contribution in [0.15, 0.2) is 66.3 Å². The van der Waals surface area contributed by atoms with Crippen molar-refractivity contribution in [2.45, 2.75) is 45.2 Å². The van der Waals surface area contributed by atoms with Crippen molar-refractivity contribution >= 4 is 11.5 Å². The van der Waals surface area contributed by atoms with E-state index in [2.05, 4.69) is 38.7 Å². The van der Waals surface area contributed by atoms with E-state index in [0.717, 1.165) is 36.5 Å². The van der Waals surface area contributed by atoms with Crippen LogP contribution in [0.5, 0.6) is 0 Å². The van der Waals surface area contributed by atoms with E-state index in [9.17, 15) is 5.26 Å². The normalized spacial score (nSPS) is 17.5. The Labute approximate surface area is 184 Å². The summed E-state index contributed by atoms with van der Waals surface area (Å²) in [5.41, 5.74) is 4.03. The van der Waals surface area contributed by atoms with E-state index >= 15 is 0 Å². The van der Waals surface area contributed by atoms with Gasteiger partial charge >= 0.3 is 0 Å². The van der Waals surface area contributed by atoms with Crippen molar-refractivity contribution < 1.29 is 0 Å². The summed E-state index contributed by atoms with van der Waals surface area (Å²) in [6.07, 6.45) is 12.5. The van der Waals surface area contributed by atoms with E-state index in [0.29, 0.717) is 23.3 Å². The van der Waals surface area contributed by atoms with Crippen molar-refractivity contribution in [1.82, 2.24) is 20.2 Å². The van der Waals surface area contributed by atoms with Gasteiger partial charge in [0.2, 0.25) is 5.95 Å². The average molecular weight is 413 g/mol. The van der Waals surface area contributed by atoms with Gasteiger partial charge in [-0.25, -0.2) is 9.97 Å². The van der Waals surface area contributed by atoms with Gasteiger partial charge in [0.05, 0.1) is 11.4 Å². The number of anilines is 1. The topological polar surface area (TPSA) is 76.9 Å². The first-order valence-corrected chi connectivity index (χ1v) is 10.8. The van der Waals surface area contributed by atoms with E-state index in [4.69, 9.17) is 4.98 Å². The highest BCUT2D eigenvalue weighted by Crippen LogP contribution is 2.25. The molecule has 0 atom stereocenters. The van der Waals surface area contributed by atoms with Crippen LogP contribution in [0.4, 0.5) is 5.95 Å². The number of benzene rings is 1. The van der Waals surface area contributed by atoms with Crippen molar-refractivity contribution in [2.24, 2.45) is 0 Å². The van der Waals surface area contributed by atoms with E-state index in [1.165, 1.54) is 18.4 Å². The summed E-state index contributed by atoms with van der Waals surface area (Å²) in [4.78, 5) is 11.3. The van der Waals surface area contributed by atoms with E-state index in [-0.39, 0.29) is 0 Å². The highest BCUT2D eigenvalue weighted by Gasteiger charge is 2.19. The van der Waals surface area contributed by atoms with Gasteiger partial charge in [0.1, 0.15) is 17.5 Å². The van der Waals surface area contributed by atoms with E-state index < -0.39 is 0 Å². The molecule has 1 fully saturated rings. The van der Waals surface area contributed by atoms with Crippen LogP contribution in [-0.2, 0) is 6.54 Å². The molecular formula is C25H28N6. The minimum absolute atomic E-state index is 0.419. The molecule has 158 valence electrons. The van der Waals surface area contributed by atoms with Crippen molar-refractivity contribution in [3.63, 3.8) is 0 Å². The summed E-state index contributed by atoms with van der Waals surface area (Å²) >= 11 is 0. The zero-order valence-electron chi connectivity index (χ0n) is 18.1. The number of nitrogens with one attached hydrogen (secondary N) is 2. The lowest BCUT2D eigenvalue weighted by Gasteiger charge is -2.26. The van der Waals surface area contributed by atoms with Crippen LogP contribution in [-0.4, -0.2) is 28.0 Å². The first-order chi connectivity index (χ1) is 15.1. The molecule has 2 heterocycles. The molecule has 0 spiro atoms. The van der Waals surface area contributed by atoms with Gasteiger partial charge in [0.25, 0.3) is 0 Å². The first-order valence-electron chi connectivity index (χ1n) is 10.8. The summed E-state index contributed by atoms with van der Waals surface area (Å²) in [6, 6.07) is 13.1. The Morgan fingerprint density at radius 1 is 1.26 bits per heavy atom. The minimum Gasteiger partial charge on any atom is -0.357 e. The molecule has 1 aromatic heterocycles. The average Bonchev–Trinajstić information content (AvgIpc) is 3.30. The van der Waals surface area contributed by atoms with Crippen LogP contribution < -0.4 is 10.6 Å². The number of dihydropyridines is 1. The molecule has 6 nitrogen and oxygen atoms in total. The lowest BCUT2D eigenvalue weighted by atomic mass is 10.1. The fraction of sp³-hybridized carbons (Fsp3) is 0.320. The highest BCUT2D eigenvalue weighted by atomic mass is 15.2. The van der Waals surface area contributed by atoms with Crippen LogP contribution in [0.25, 0.3) is 5.57 Å². The van der Waals surface area contributed by atoms with E-state index in [1.54, 1.807) is 6.20 Å². The summed E-state index contributed by atoms with van der Waals surface area (Å²) in [5.74, 6) is 1.53. The largest absolute Gasteiger partial charge is 0.357 e. The summed E-state index contributed by atoms with van der Waals surface area (Å²) in [5, 5.41) is 16.8. The van der Waals surface area contributed by atoms with Gasteiger partial charge < -0.3 is 15.5 Å². The molecule has 2 aromatic rings. The third-order valence-electron chi connectivity index (χ3n) is 5.73. The number of nitriles is 1. The predicted octanol–water partition coefficient (Wildman–Crippen LogP) is 4.51. The number of allylic oxidation sites excluding steroid dienone is 4. The fourth-order valence-corrected chi connectivity index (χ4v) is 4.03. The van der Waals surface area contributed by atoms with Gasteiger partial charge in [-0.05, 0) is 43.0 Å². The maximum Gasteiger partial charge on any atom is 0.223 e. The molecule has 0 unspecified atom stereocenters. The molecule has 0 saturated heterocycles. The molecule has 2 N–H and O–H groups in total. The van der Waals surface area contributed by atoms with Crippen LogP contribution in [0, 0.1) is 18.3 Å². The molecule has 6 heteroatoms. The van der Waals surface area contributed by atoms with Crippen LogP contribution in [0.3, 0.4) is 0 Å². The second kappa shape index (κ2) is 9.48. The lowest BCUT2D eigenvalue weighted by Crippen LogP contribution is -2.29. The van der Waals surface area contributed by atoms with Gasteiger partial charge in [0.15, 0.2) is 0 Å². The number of rotatable bonds is 6. The van der Waals surface area contributed by atoms with E-state index in [1.807, 2.05) is 50.4 Å². The fourth-order valence-electron chi connectivity index (χ4n) is 4.03. The monoisotopic (exact) mass is 412 g/mol. The summed E-state index contributed by atoms with van der Waals surface area (Å²) < 4.78 is 0. The van der Waals surface area contributed by atoms with Crippen molar-refractivity contribution in [3.8, 4) is 6.07 Å². The molecular weight excluding hydrogens is 384 g/mol. The molecule has 4 rings (SSSR count). The predicted molar refractivity (Wildman–Crippen MR) is 123 cm³/mol. The SMILES string of the molecule is Cc1cnc(NC2CCCC2)nc1/C(C#N)=C1\C=CC=C(N(C)Cc2ccccc2)N1. The Balaban J connectivity index is 1.56. The number of hydrogen-bond donors (Lipinski definition) is 2. The highest BCUT2D eigenvalue weighted by molar-refractivity contribution is 5.81. The van der Waals surface area contributed by atoms with Crippen LogP contribution in [0.2, 0.25) is 0 Å². The van der Waals surface area contributed by atoms with Crippen LogP contribution >= 0.6 is 0 Å². The van der Waals surface area contributed by atoms with Crippen molar-refractivity contribution in [3.05, 3.63) is 83.1 Å². The Hall–Kier alpha value is -3.59. The molecule has 1 aromatic carbocycles. The molecule has 0 radical (unpaired) electrons. The van der Waals surface area contributed by atoms with Gasteiger partial charge in [-0.3, -0.25) is 0 Å². The Bertz CT molecular complexity index is 1060. The molecule has 0 amide bonds. The number of hydrogen-bond acceptors (Lipinski definition) is 6. The summed E-state index contributed by atoms with van der Waals surface area (Å²) in [6.45, 7) is 2.71. The van der Waals surface area contributed by atoms with Crippen molar-refractivity contribution in [1.29, 1.82) is 5.26 Å². The number of nitrogens with zero attached hydrogens (tertiary/aromatic N) is 4. The van der Waals surface area contributed by atoms with Gasteiger partial charge in [-0.15, -0.1) is 0 Å². The maximum atomic E-state index is 10.00. The Kier molecular flexibility index (Phi) is 6.32. The smallest absolute Gasteiger partial charge is 0.223 e. The Morgan fingerprint density at radius 2 is 2.03 bits per heavy atom. The molecule has 31 heavy (non-hydrogen) atoms. The third-order valence-corrected chi connectivity index (χ3v) is 5.73. The zero-order valence-corrected chi connectivity index (χ0v) is 18.1. The molecule has 1 aliphatic heterocycles. The molecule has 1 aliphatic carbocycles. The maximum absolute atomic E-state index is 10.00. The Morgan fingerprint density at radius 3 is 2.77 bits per heavy atom. The molecule has 0 bridgehead atoms. The first kappa shape index (κ1) is 20.7. The quantitative estimate of drug-likeness (QED) is 0.680. The standard InChI is InChI=1S/C25H28N6/c1-18-16-27-25(28-20-11-6-7-12-20)30-24(18)21(15-26)22-13-8-14-23(29-22)31(2)17-19-9-4-3-5-10-19/h3-5,8-10,13-14,16,20,29H,6-7,11-12,17H2,1-2H3,(H,27,28,30)/b22-21+. The van der Waals surface area contributed by atoms with Gasteiger partial charge in [-0.1, -0.05) is 49.2 Å². The second-order valence-corrected chi connectivity index (χ2v) is 8.13. The molecule has 2 aliphatic rings. The van der Waals surface area contributed by atoms with Gasteiger partial charge in [-0.2, -0.15) is 5.26 Å².